The second kappa shape index (κ2) is 7.04. The lowest BCUT2D eigenvalue weighted by Crippen LogP contribution is -2.05. The van der Waals surface area contributed by atoms with Crippen molar-refractivity contribution >= 4 is 21.9 Å². The van der Waals surface area contributed by atoms with Gasteiger partial charge in [-0.1, -0.05) is 12.1 Å². The monoisotopic (exact) mass is 388 g/mol. The van der Waals surface area contributed by atoms with Crippen LogP contribution in [-0.2, 0) is 17.5 Å². The highest BCUT2D eigenvalue weighted by Gasteiger charge is 2.30. The topological polar surface area (TPSA) is 35.5 Å². The van der Waals surface area contributed by atoms with Gasteiger partial charge in [0.05, 0.1) is 22.7 Å². The minimum absolute atomic E-state index is 0.106. The van der Waals surface area contributed by atoms with E-state index in [9.17, 15) is 18.0 Å². The van der Waals surface area contributed by atoms with Crippen molar-refractivity contribution in [3.05, 3.63) is 63.6 Å². The van der Waals surface area contributed by atoms with E-state index in [-0.39, 0.29) is 16.8 Å². The van der Waals surface area contributed by atoms with Crippen LogP contribution >= 0.6 is 15.9 Å². The second-order valence-electron chi connectivity index (χ2n) is 4.62. The minimum Gasteiger partial charge on any atom is -0.488 e. The average Bonchev–Trinajstić information content (AvgIpc) is 2.52. The predicted molar refractivity (Wildman–Crippen MR) is 81.3 cm³/mol. The van der Waals surface area contributed by atoms with Crippen LogP contribution in [0.1, 0.15) is 21.5 Å². The van der Waals surface area contributed by atoms with Crippen LogP contribution in [0.25, 0.3) is 0 Å². The van der Waals surface area contributed by atoms with Crippen molar-refractivity contribution in [2.24, 2.45) is 0 Å². The van der Waals surface area contributed by atoms with E-state index in [0.717, 1.165) is 12.1 Å². The van der Waals surface area contributed by atoms with Crippen LogP contribution in [0.4, 0.5) is 13.2 Å². The summed E-state index contributed by atoms with van der Waals surface area (Å²) in [6.45, 7) is 0.106. The lowest BCUT2D eigenvalue weighted by molar-refractivity contribution is -0.137. The summed E-state index contributed by atoms with van der Waals surface area (Å²) in [6.07, 6.45) is -4.41. The molecule has 0 aromatic heterocycles. The normalized spacial score (nSPS) is 11.2. The Labute approximate surface area is 139 Å². The Kier molecular flexibility index (Phi) is 5.30. The van der Waals surface area contributed by atoms with Gasteiger partial charge in [0.1, 0.15) is 12.4 Å². The summed E-state index contributed by atoms with van der Waals surface area (Å²) in [7, 11) is 1.28. The average molecular weight is 389 g/mol. The summed E-state index contributed by atoms with van der Waals surface area (Å²) < 4.78 is 48.1. The molecule has 2 aromatic carbocycles. The van der Waals surface area contributed by atoms with E-state index in [1.54, 1.807) is 24.3 Å². The molecule has 3 nitrogen and oxygen atoms in total. The van der Waals surface area contributed by atoms with Crippen LogP contribution in [-0.4, -0.2) is 13.1 Å². The van der Waals surface area contributed by atoms with Crippen molar-refractivity contribution in [1.29, 1.82) is 0 Å². The summed E-state index contributed by atoms with van der Waals surface area (Å²) in [6, 6.07) is 9.77. The molecule has 0 fully saturated rings. The van der Waals surface area contributed by atoms with Crippen LogP contribution in [0.15, 0.2) is 46.9 Å². The quantitative estimate of drug-likeness (QED) is 0.703. The number of rotatable bonds is 4. The van der Waals surface area contributed by atoms with Gasteiger partial charge in [-0.25, -0.2) is 4.79 Å². The summed E-state index contributed by atoms with van der Waals surface area (Å²) in [4.78, 5) is 11.4. The molecule has 0 aliphatic rings. The number of hydrogen-bond donors (Lipinski definition) is 0. The van der Waals surface area contributed by atoms with E-state index in [1.165, 1.54) is 13.2 Å². The summed E-state index contributed by atoms with van der Waals surface area (Å²) in [5.74, 6) is -0.191. The van der Waals surface area contributed by atoms with E-state index in [4.69, 9.17) is 4.74 Å². The molecule has 0 radical (unpaired) electrons. The van der Waals surface area contributed by atoms with Gasteiger partial charge in [-0.3, -0.25) is 0 Å². The van der Waals surface area contributed by atoms with Crippen LogP contribution in [0.5, 0.6) is 5.75 Å². The molecule has 0 saturated heterocycles. The Balaban J connectivity index is 2.11. The molecular weight excluding hydrogens is 377 g/mol. The standard InChI is InChI=1S/C16H12BrF3O3/c1-22-15(21)11-4-2-3-10(7-11)9-23-14-6-5-12(8-13(14)17)16(18,19)20/h2-8H,9H2,1H3. The molecule has 0 aliphatic carbocycles. The zero-order valence-corrected chi connectivity index (χ0v) is 13.6. The maximum absolute atomic E-state index is 12.6. The fraction of sp³-hybridized carbons (Fsp3) is 0.188. The maximum atomic E-state index is 12.6. The first-order valence-electron chi connectivity index (χ1n) is 6.48. The third-order valence-electron chi connectivity index (χ3n) is 3.00. The number of halogens is 4. The van der Waals surface area contributed by atoms with Crippen LogP contribution in [0.3, 0.4) is 0 Å². The number of carbonyl (C=O) groups excluding carboxylic acids is 1. The first-order chi connectivity index (χ1) is 10.8. The third kappa shape index (κ3) is 4.48. The molecule has 23 heavy (non-hydrogen) atoms. The fourth-order valence-corrected chi connectivity index (χ4v) is 2.35. The molecular formula is C16H12BrF3O3. The van der Waals surface area contributed by atoms with Gasteiger partial charge in [0, 0.05) is 0 Å². The van der Waals surface area contributed by atoms with E-state index in [1.807, 2.05) is 0 Å². The predicted octanol–water partition coefficient (Wildman–Crippen LogP) is 4.83. The second-order valence-corrected chi connectivity index (χ2v) is 5.48. The van der Waals surface area contributed by atoms with Crippen molar-refractivity contribution in [2.45, 2.75) is 12.8 Å². The van der Waals surface area contributed by atoms with E-state index in [0.29, 0.717) is 11.1 Å². The van der Waals surface area contributed by atoms with Crippen molar-refractivity contribution in [3.63, 3.8) is 0 Å². The number of esters is 1. The van der Waals surface area contributed by atoms with Crippen LogP contribution < -0.4 is 4.74 Å². The van der Waals surface area contributed by atoms with Gasteiger partial charge < -0.3 is 9.47 Å². The summed E-state index contributed by atoms with van der Waals surface area (Å²) in [5.41, 5.74) is 0.309. The molecule has 0 bridgehead atoms. The molecule has 0 aliphatic heterocycles. The number of methoxy groups -OCH3 is 1. The number of carbonyl (C=O) groups is 1. The Morgan fingerprint density at radius 3 is 2.52 bits per heavy atom. The molecule has 0 saturated carbocycles. The van der Waals surface area contributed by atoms with E-state index in [2.05, 4.69) is 20.7 Å². The lowest BCUT2D eigenvalue weighted by Gasteiger charge is -2.12. The molecule has 122 valence electrons. The van der Waals surface area contributed by atoms with Gasteiger partial charge in [-0.2, -0.15) is 13.2 Å². The van der Waals surface area contributed by atoms with Gasteiger partial charge >= 0.3 is 12.1 Å². The van der Waals surface area contributed by atoms with Crippen molar-refractivity contribution in [1.82, 2.24) is 0 Å². The number of ether oxygens (including phenoxy) is 2. The highest BCUT2D eigenvalue weighted by atomic mass is 79.9. The van der Waals surface area contributed by atoms with Crippen LogP contribution in [0, 0.1) is 0 Å². The Hall–Kier alpha value is -2.02. The Morgan fingerprint density at radius 1 is 1.17 bits per heavy atom. The van der Waals surface area contributed by atoms with E-state index < -0.39 is 17.7 Å². The minimum atomic E-state index is -4.41. The third-order valence-corrected chi connectivity index (χ3v) is 3.62. The highest BCUT2D eigenvalue weighted by molar-refractivity contribution is 9.10. The molecule has 0 spiro atoms. The molecule has 2 aromatic rings. The number of hydrogen-bond acceptors (Lipinski definition) is 3. The fourth-order valence-electron chi connectivity index (χ4n) is 1.86. The largest absolute Gasteiger partial charge is 0.488 e. The maximum Gasteiger partial charge on any atom is 0.416 e. The zero-order valence-electron chi connectivity index (χ0n) is 12.0. The Morgan fingerprint density at radius 2 is 1.91 bits per heavy atom. The molecule has 7 heteroatoms. The lowest BCUT2D eigenvalue weighted by atomic mass is 10.1. The van der Waals surface area contributed by atoms with E-state index >= 15 is 0 Å². The van der Waals surface area contributed by atoms with Crippen molar-refractivity contribution < 1.29 is 27.4 Å². The van der Waals surface area contributed by atoms with Crippen molar-refractivity contribution in [2.75, 3.05) is 7.11 Å². The van der Waals surface area contributed by atoms with Gasteiger partial charge in [0.2, 0.25) is 0 Å². The zero-order chi connectivity index (χ0) is 17.0. The molecule has 0 heterocycles. The van der Waals surface area contributed by atoms with Crippen molar-refractivity contribution in [3.8, 4) is 5.75 Å². The first-order valence-corrected chi connectivity index (χ1v) is 7.27. The smallest absolute Gasteiger partial charge is 0.416 e. The summed E-state index contributed by atoms with van der Waals surface area (Å²) >= 11 is 3.06. The molecule has 0 N–H and O–H groups in total. The van der Waals surface area contributed by atoms with Gasteiger partial charge in [-0.15, -0.1) is 0 Å². The number of benzene rings is 2. The molecule has 0 amide bonds. The molecule has 2 rings (SSSR count). The summed E-state index contributed by atoms with van der Waals surface area (Å²) in [5, 5.41) is 0. The highest BCUT2D eigenvalue weighted by Crippen LogP contribution is 2.35. The molecule has 0 atom stereocenters. The van der Waals surface area contributed by atoms with Gasteiger partial charge in [0.15, 0.2) is 0 Å². The SMILES string of the molecule is COC(=O)c1cccc(COc2ccc(C(F)(F)F)cc2Br)c1. The molecule has 0 unspecified atom stereocenters. The number of alkyl halides is 3. The van der Waals surface area contributed by atoms with Gasteiger partial charge in [-0.05, 0) is 51.8 Å². The first kappa shape index (κ1) is 17.3. The van der Waals surface area contributed by atoms with Gasteiger partial charge in [0.25, 0.3) is 0 Å². The Bertz CT molecular complexity index is 714. The van der Waals surface area contributed by atoms with Crippen LogP contribution in [0.2, 0.25) is 0 Å².